The van der Waals surface area contributed by atoms with Crippen LogP contribution in [0.5, 0.6) is 11.5 Å². The molecule has 0 bridgehead atoms. The summed E-state index contributed by atoms with van der Waals surface area (Å²) in [6.45, 7) is 5.92. The standard InChI is InChI=1S/C43H46N4O6/c1-26-17-32(19-28-11-12-31(18-28)43(50)51)40(52-3)20-30(26)14-13-29-7-5-9-36(37(29)22-44)35-8-6-10-38(27(35)2)46-42(49)39-21-41(53-4)33(23-45-39)24-47-16-15-34(48)25-47/h5-10,13-14,17,20-21,23,28,31,34,48H,11-12,15-16,18-19,24-25H2,1-4H3,(H,46,49)(H,50,51)/b14-13+/t28?,31-,34-/m1/s1. The molecule has 1 saturated carbocycles. The van der Waals surface area contributed by atoms with Gasteiger partial charge in [0.05, 0.1) is 31.8 Å². The van der Waals surface area contributed by atoms with Crippen LogP contribution in [-0.2, 0) is 17.8 Å². The fourth-order valence-corrected chi connectivity index (χ4v) is 7.67. The van der Waals surface area contributed by atoms with Gasteiger partial charge in [0.25, 0.3) is 5.91 Å². The van der Waals surface area contributed by atoms with E-state index in [2.05, 4.69) is 27.3 Å². The van der Waals surface area contributed by atoms with E-state index < -0.39 is 5.97 Å². The molecule has 4 aromatic rings. The molecule has 1 amide bonds. The molecule has 2 heterocycles. The van der Waals surface area contributed by atoms with Crippen molar-refractivity contribution in [1.29, 1.82) is 5.26 Å². The maximum absolute atomic E-state index is 13.4. The highest BCUT2D eigenvalue weighted by atomic mass is 16.5. The van der Waals surface area contributed by atoms with Gasteiger partial charge in [0.2, 0.25) is 0 Å². The van der Waals surface area contributed by atoms with E-state index in [0.29, 0.717) is 42.4 Å². The maximum atomic E-state index is 13.4. The molecular formula is C43H46N4O6. The van der Waals surface area contributed by atoms with Gasteiger partial charge in [-0.2, -0.15) is 5.26 Å². The number of aliphatic carboxylic acids is 1. The maximum Gasteiger partial charge on any atom is 0.306 e. The highest BCUT2D eigenvalue weighted by Crippen LogP contribution is 2.37. The van der Waals surface area contributed by atoms with Gasteiger partial charge in [0.1, 0.15) is 23.3 Å². The molecule has 1 aliphatic carbocycles. The van der Waals surface area contributed by atoms with Crippen molar-refractivity contribution in [3.8, 4) is 28.7 Å². The average Bonchev–Trinajstić information content (AvgIpc) is 3.80. The first-order valence-corrected chi connectivity index (χ1v) is 18.0. The number of aliphatic hydroxyl groups is 1. The van der Waals surface area contributed by atoms with Crippen molar-refractivity contribution in [2.75, 3.05) is 32.6 Å². The zero-order valence-corrected chi connectivity index (χ0v) is 30.7. The third-order valence-electron chi connectivity index (χ3n) is 10.6. The van der Waals surface area contributed by atoms with Crippen molar-refractivity contribution in [2.24, 2.45) is 11.8 Å². The average molecular weight is 715 g/mol. The summed E-state index contributed by atoms with van der Waals surface area (Å²) in [6, 6.07) is 19.5. The first kappa shape index (κ1) is 37.3. The van der Waals surface area contributed by atoms with Crippen LogP contribution in [0.25, 0.3) is 23.3 Å². The van der Waals surface area contributed by atoms with E-state index in [1.807, 2.05) is 68.5 Å². The molecule has 1 aliphatic heterocycles. The number of ether oxygens (including phenoxy) is 2. The van der Waals surface area contributed by atoms with E-state index in [0.717, 1.165) is 82.5 Å². The zero-order valence-electron chi connectivity index (χ0n) is 30.7. The molecule has 6 rings (SSSR count). The third kappa shape index (κ3) is 8.43. The molecule has 10 nitrogen and oxygen atoms in total. The lowest BCUT2D eigenvalue weighted by molar-refractivity contribution is -0.141. The molecule has 3 atom stereocenters. The second kappa shape index (κ2) is 16.4. The summed E-state index contributed by atoms with van der Waals surface area (Å²) in [6.07, 6.45) is 9.06. The Bertz CT molecular complexity index is 2090. The topological polar surface area (TPSA) is 145 Å². The van der Waals surface area contributed by atoms with Crippen molar-refractivity contribution in [3.05, 3.63) is 105 Å². The second-order valence-corrected chi connectivity index (χ2v) is 14.1. The molecule has 10 heteroatoms. The molecule has 1 saturated heterocycles. The number of carbonyl (C=O) groups is 2. The lowest BCUT2D eigenvalue weighted by atomic mass is 9.91. The Morgan fingerprint density at radius 2 is 1.72 bits per heavy atom. The van der Waals surface area contributed by atoms with Crippen LogP contribution in [0.3, 0.4) is 0 Å². The SMILES string of the molecule is COc1cc(/C=C/c2cccc(-c3cccc(NC(=O)c4cc(OC)c(CN5CC[C@@H](O)C5)cn4)c3C)c2C#N)c(C)cc1CC1CC[C@@H](C(=O)O)C1. The number of β-amino-alcohol motifs (C(OH)–C–C–N with tert-alkyl or cyclic N) is 1. The van der Waals surface area contributed by atoms with E-state index in [4.69, 9.17) is 9.47 Å². The molecule has 1 unspecified atom stereocenters. The number of methoxy groups -OCH3 is 2. The predicted molar refractivity (Wildman–Crippen MR) is 205 cm³/mol. The Kier molecular flexibility index (Phi) is 11.6. The molecule has 3 aromatic carbocycles. The summed E-state index contributed by atoms with van der Waals surface area (Å²) < 4.78 is 11.4. The van der Waals surface area contributed by atoms with Crippen LogP contribution in [0.4, 0.5) is 5.69 Å². The van der Waals surface area contributed by atoms with E-state index in [9.17, 15) is 25.1 Å². The van der Waals surface area contributed by atoms with Gasteiger partial charge in [0, 0.05) is 48.7 Å². The predicted octanol–water partition coefficient (Wildman–Crippen LogP) is 7.29. The minimum absolute atomic E-state index is 0.215. The van der Waals surface area contributed by atoms with Crippen LogP contribution >= 0.6 is 0 Å². The summed E-state index contributed by atoms with van der Waals surface area (Å²) in [5.41, 5.74) is 8.41. The molecule has 0 spiro atoms. The minimum atomic E-state index is -0.709. The van der Waals surface area contributed by atoms with Crippen LogP contribution in [0, 0.1) is 37.0 Å². The van der Waals surface area contributed by atoms with Crippen molar-refractivity contribution >= 4 is 29.7 Å². The summed E-state index contributed by atoms with van der Waals surface area (Å²) in [4.78, 5) is 31.5. The Morgan fingerprint density at radius 3 is 2.42 bits per heavy atom. The van der Waals surface area contributed by atoms with Crippen molar-refractivity contribution in [2.45, 2.75) is 58.6 Å². The Labute approximate surface area is 310 Å². The lowest BCUT2D eigenvalue weighted by Gasteiger charge is -2.18. The van der Waals surface area contributed by atoms with Gasteiger partial charge >= 0.3 is 5.97 Å². The molecule has 3 N–H and O–H groups in total. The first-order valence-electron chi connectivity index (χ1n) is 18.0. The smallest absolute Gasteiger partial charge is 0.306 e. The molecule has 1 aromatic heterocycles. The number of nitrogens with one attached hydrogen (secondary N) is 1. The fourth-order valence-electron chi connectivity index (χ4n) is 7.67. The molecular weight excluding hydrogens is 668 g/mol. The summed E-state index contributed by atoms with van der Waals surface area (Å²) in [7, 11) is 3.22. The largest absolute Gasteiger partial charge is 0.496 e. The number of hydrogen-bond acceptors (Lipinski definition) is 8. The number of nitrogens with zero attached hydrogens (tertiary/aromatic N) is 3. The number of aryl methyl sites for hydroxylation is 1. The lowest BCUT2D eigenvalue weighted by Crippen LogP contribution is -2.22. The Balaban J connectivity index is 1.21. The number of pyridine rings is 1. The van der Waals surface area contributed by atoms with Crippen LogP contribution in [0.15, 0.2) is 60.8 Å². The Hall–Kier alpha value is -5.50. The minimum Gasteiger partial charge on any atom is -0.496 e. The number of aromatic nitrogens is 1. The van der Waals surface area contributed by atoms with Crippen LogP contribution in [0.1, 0.15) is 75.1 Å². The van der Waals surface area contributed by atoms with Gasteiger partial charge in [0.15, 0.2) is 0 Å². The molecule has 0 radical (unpaired) electrons. The molecule has 274 valence electrons. The van der Waals surface area contributed by atoms with E-state index >= 15 is 0 Å². The number of carboxylic acid groups (broad SMARTS) is 1. The van der Waals surface area contributed by atoms with E-state index in [1.54, 1.807) is 26.5 Å². The molecule has 2 aliphatic rings. The van der Waals surface area contributed by atoms with Crippen LogP contribution in [-0.4, -0.2) is 65.4 Å². The van der Waals surface area contributed by atoms with Gasteiger partial charge in [-0.1, -0.05) is 48.6 Å². The number of anilines is 1. The highest BCUT2D eigenvalue weighted by Gasteiger charge is 2.30. The number of amides is 1. The normalized spacial score (nSPS) is 18.6. The number of benzene rings is 3. The van der Waals surface area contributed by atoms with Crippen molar-refractivity contribution in [3.63, 3.8) is 0 Å². The fraction of sp³-hybridized carbons (Fsp3) is 0.349. The number of likely N-dealkylation sites (tertiary alicyclic amines) is 1. The van der Waals surface area contributed by atoms with Crippen LogP contribution in [0.2, 0.25) is 0 Å². The highest BCUT2D eigenvalue weighted by molar-refractivity contribution is 6.04. The zero-order chi connectivity index (χ0) is 37.6. The summed E-state index contributed by atoms with van der Waals surface area (Å²) in [5, 5.41) is 32.7. The summed E-state index contributed by atoms with van der Waals surface area (Å²) in [5.74, 6) is 0.287. The van der Waals surface area contributed by atoms with Gasteiger partial charge in [-0.15, -0.1) is 0 Å². The molecule has 53 heavy (non-hydrogen) atoms. The number of nitriles is 1. The van der Waals surface area contributed by atoms with Gasteiger partial charge in [-0.05, 0) is 97.4 Å². The van der Waals surface area contributed by atoms with Crippen molar-refractivity contribution < 1.29 is 29.3 Å². The van der Waals surface area contributed by atoms with Gasteiger partial charge in [-0.25, -0.2) is 0 Å². The van der Waals surface area contributed by atoms with Gasteiger partial charge < -0.3 is 25.0 Å². The van der Waals surface area contributed by atoms with Crippen LogP contribution < -0.4 is 14.8 Å². The molecule has 2 fully saturated rings. The van der Waals surface area contributed by atoms with E-state index in [1.165, 1.54) is 0 Å². The third-order valence-corrected chi connectivity index (χ3v) is 10.6. The number of carbonyl (C=O) groups excluding carboxylic acids is 1. The Morgan fingerprint density at radius 1 is 0.981 bits per heavy atom. The van der Waals surface area contributed by atoms with Gasteiger partial charge in [-0.3, -0.25) is 19.5 Å². The monoisotopic (exact) mass is 714 g/mol. The second-order valence-electron chi connectivity index (χ2n) is 14.1. The summed E-state index contributed by atoms with van der Waals surface area (Å²) >= 11 is 0. The first-order chi connectivity index (χ1) is 25.6. The number of hydrogen-bond donors (Lipinski definition) is 3. The van der Waals surface area contributed by atoms with Crippen molar-refractivity contribution in [1.82, 2.24) is 9.88 Å². The number of carboxylic acids is 1. The number of aliphatic hydroxyl groups excluding tert-OH is 1. The number of rotatable bonds is 12. The van der Waals surface area contributed by atoms with E-state index in [-0.39, 0.29) is 23.6 Å². The quantitative estimate of drug-likeness (QED) is 0.129.